The van der Waals surface area contributed by atoms with E-state index in [0.717, 1.165) is 5.56 Å². The number of amides is 1. The SMILES string of the molecule is N#C/C(=C/c1cccc2c1OCCO2)C(=O)NCc1ccccc1. The Morgan fingerprint density at radius 1 is 1.12 bits per heavy atom. The summed E-state index contributed by atoms with van der Waals surface area (Å²) in [7, 11) is 0. The van der Waals surface area contributed by atoms with Crippen molar-refractivity contribution in [1.29, 1.82) is 5.26 Å². The largest absolute Gasteiger partial charge is 0.486 e. The van der Waals surface area contributed by atoms with Crippen molar-refractivity contribution in [2.45, 2.75) is 6.54 Å². The minimum absolute atomic E-state index is 0.0218. The molecule has 1 heterocycles. The molecule has 0 fully saturated rings. The van der Waals surface area contributed by atoms with E-state index in [1.165, 1.54) is 6.08 Å². The maximum Gasteiger partial charge on any atom is 0.262 e. The van der Waals surface area contributed by atoms with E-state index in [9.17, 15) is 10.1 Å². The average molecular weight is 320 g/mol. The lowest BCUT2D eigenvalue weighted by molar-refractivity contribution is -0.117. The Labute approximate surface area is 140 Å². The molecule has 0 radical (unpaired) electrons. The number of fused-ring (bicyclic) bond motifs is 1. The van der Waals surface area contributed by atoms with Crippen LogP contribution in [0.25, 0.3) is 6.08 Å². The molecule has 0 unspecified atom stereocenters. The van der Waals surface area contributed by atoms with Crippen LogP contribution in [0.1, 0.15) is 11.1 Å². The first-order valence-corrected chi connectivity index (χ1v) is 7.60. The molecule has 2 aromatic rings. The predicted octanol–water partition coefficient (Wildman–Crippen LogP) is 2.68. The highest BCUT2D eigenvalue weighted by molar-refractivity contribution is 6.02. The smallest absolute Gasteiger partial charge is 0.262 e. The minimum atomic E-state index is -0.421. The van der Waals surface area contributed by atoms with Crippen LogP contribution in [-0.2, 0) is 11.3 Å². The zero-order valence-electron chi connectivity index (χ0n) is 13.0. The van der Waals surface area contributed by atoms with Gasteiger partial charge in [-0.25, -0.2) is 0 Å². The number of hydrogen-bond acceptors (Lipinski definition) is 4. The lowest BCUT2D eigenvalue weighted by Gasteiger charge is -2.19. The van der Waals surface area contributed by atoms with Crippen molar-refractivity contribution >= 4 is 12.0 Å². The van der Waals surface area contributed by atoms with Crippen LogP contribution in [0.2, 0.25) is 0 Å². The Morgan fingerprint density at radius 3 is 2.71 bits per heavy atom. The zero-order chi connectivity index (χ0) is 16.8. The van der Waals surface area contributed by atoms with Crippen molar-refractivity contribution in [3.8, 4) is 17.6 Å². The quantitative estimate of drug-likeness (QED) is 0.694. The van der Waals surface area contributed by atoms with Crippen molar-refractivity contribution in [2.24, 2.45) is 0 Å². The van der Waals surface area contributed by atoms with Crippen molar-refractivity contribution in [3.05, 3.63) is 65.2 Å². The zero-order valence-corrected chi connectivity index (χ0v) is 13.0. The number of rotatable bonds is 4. The van der Waals surface area contributed by atoms with Gasteiger partial charge in [-0.05, 0) is 17.7 Å². The van der Waals surface area contributed by atoms with Gasteiger partial charge >= 0.3 is 0 Å². The highest BCUT2D eigenvalue weighted by Gasteiger charge is 2.16. The first-order valence-electron chi connectivity index (χ1n) is 7.60. The summed E-state index contributed by atoms with van der Waals surface area (Å²) in [5.41, 5.74) is 1.64. The molecular weight excluding hydrogens is 304 g/mol. The van der Waals surface area contributed by atoms with Gasteiger partial charge < -0.3 is 14.8 Å². The van der Waals surface area contributed by atoms with Gasteiger partial charge in [0.25, 0.3) is 5.91 Å². The third-order valence-electron chi connectivity index (χ3n) is 3.56. The standard InChI is InChI=1S/C19H16N2O3/c20-12-16(19(22)21-13-14-5-2-1-3-6-14)11-15-7-4-8-17-18(15)24-10-9-23-17/h1-8,11H,9-10,13H2,(H,21,22)/b16-11-. The highest BCUT2D eigenvalue weighted by atomic mass is 16.6. The van der Waals surface area contributed by atoms with E-state index in [2.05, 4.69) is 5.32 Å². The van der Waals surface area contributed by atoms with Gasteiger partial charge in [0.2, 0.25) is 0 Å². The summed E-state index contributed by atoms with van der Waals surface area (Å²) in [5.74, 6) is 0.764. The molecule has 0 spiro atoms. The average Bonchev–Trinajstić information content (AvgIpc) is 2.65. The molecule has 0 aliphatic carbocycles. The summed E-state index contributed by atoms with van der Waals surface area (Å²) in [4.78, 5) is 12.2. The fourth-order valence-electron chi connectivity index (χ4n) is 2.39. The van der Waals surface area contributed by atoms with Crippen LogP contribution in [-0.4, -0.2) is 19.1 Å². The third-order valence-corrected chi connectivity index (χ3v) is 3.56. The van der Waals surface area contributed by atoms with Gasteiger partial charge in [-0.2, -0.15) is 5.26 Å². The molecule has 120 valence electrons. The molecule has 24 heavy (non-hydrogen) atoms. The lowest BCUT2D eigenvalue weighted by Crippen LogP contribution is -2.24. The number of ether oxygens (including phenoxy) is 2. The molecule has 0 saturated carbocycles. The Morgan fingerprint density at radius 2 is 1.92 bits per heavy atom. The normalized spacial score (nSPS) is 13.0. The van der Waals surface area contributed by atoms with Gasteiger partial charge in [0.15, 0.2) is 11.5 Å². The molecule has 0 atom stereocenters. The van der Waals surface area contributed by atoms with E-state index in [-0.39, 0.29) is 5.57 Å². The summed E-state index contributed by atoms with van der Waals surface area (Å²) in [6.07, 6.45) is 1.52. The number of nitriles is 1. The van der Waals surface area contributed by atoms with Gasteiger partial charge in [-0.3, -0.25) is 4.79 Å². The third kappa shape index (κ3) is 3.55. The number of carbonyl (C=O) groups is 1. The van der Waals surface area contributed by atoms with Gasteiger partial charge in [-0.1, -0.05) is 42.5 Å². The maximum absolute atomic E-state index is 12.2. The monoisotopic (exact) mass is 320 g/mol. The van der Waals surface area contributed by atoms with Crippen molar-refractivity contribution in [1.82, 2.24) is 5.32 Å². The summed E-state index contributed by atoms with van der Waals surface area (Å²) in [5, 5.41) is 12.1. The molecule has 1 aliphatic heterocycles. The summed E-state index contributed by atoms with van der Waals surface area (Å²) in [6, 6.07) is 16.9. The summed E-state index contributed by atoms with van der Waals surface area (Å²) >= 11 is 0. The van der Waals surface area contributed by atoms with Gasteiger partial charge in [0.05, 0.1) is 0 Å². The van der Waals surface area contributed by atoms with Gasteiger partial charge in [0.1, 0.15) is 24.9 Å². The number of nitrogens with one attached hydrogen (secondary N) is 1. The molecule has 0 bridgehead atoms. The van der Waals surface area contributed by atoms with Crippen LogP contribution >= 0.6 is 0 Å². The number of para-hydroxylation sites is 1. The van der Waals surface area contributed by atoms with E-state index in [4.69, 9.17) is 9.47 Å². The second kappa shape index (κ2) is 7.34. The molecule has 0 saturated heterocycles. The molecule has 2 aromatic carbocycles. The number of nitrogens with zero attached hydrogens (tertiary/aromatic N) is 1. The molecule has 1 amide bonds. The van der Waals surface area contributed by atoms with Crippen LogP contribution in [0.15, 0.2) is 54.1 Å². The topological polar surface area (TPSA) is 71.3 Å². The van der Waals surface area contributed by atoms with Crippen molar-refractivity contribution in [2.75, 3.05) is 13.2 Å². The molecule has 1 N–H and O–H groups in total. The van der Waals surface area contributed by atoms with Crippen LogP contribution in [0, 0.1) is 11.3 Å². The fraction of sp³-hybridized carbons (Fsp3) is 0.158. The van der Waals surface area contributed by atoms with E-state index in [1.54, 1.807) is 18.2 Å². The second-order valence-corrected chi connectivity index (χ2v) is 5.21. The van der Waals surface area contributed by atoms with Crippen LogP contribution in [0.5, 0.6) is 11.5 Å². The Bertz CT molecular complexity index is 807. The molecular formula is C19H16N2O3. The van der Waals surface area contributed by atoms with Crippen LogP contribution in [0.4, 0.5) is 0 Å². The minimum Gasteiger partial charge on any atom is -0.486 e. The molecule has 3 rings (SSSR count). The first kappa shape index (κ1) is 15.6. The Hall–Kier alpha value is -3.26. The van der Waals surface area contributed by atoms with E-state index in [1.807, 2.05) is 36.4 Å². The first-order chi connectivity index (χ1) is 11.8. The molecule has 0 aromatic heterocycles. The van der Waals surface area contributed by atoms with E-state index < -0.39 is 5.91 Å². The molecule has 5 heteroatoms. The molecule has 5 nitrogen and oxygen atoms in total. The second-order valence-electron chi connectivity index (χ2n) is 5.21. The van der Waals surface area contributed by atoms with Crippen LogP contribution in [0.3, 0.4) is 0 Å². The van der Waals surface area contributed by atoms with Crippen molar-refractivity contribution < 1.29 is 14.3 Å². The van der Waals surface area contributed by atoms with Crippen LogP contribution < -0.4 is 14.8 Å². The summed E-state index contributed by atoms with van der Waals surface area (Å²) in [6.45, 7) is 1.30. The predicted molar refractivity (Wildman–Crippen MR) is 89.3 cm³/mol. The van der Waals surface area contributed by atoms with Gasteiger partial charge in [-0.15, -0.1) is 0 Å². The van der Waals surface area contributed by atoms with E-state index >= 15 is 0 Å². The number of hydrogen-bond donors (Lipinski definition) is 1. The fourth-order valence-corrected chi connectivity index (χ4v) is 2.39. The number of carbonyl (C=O) groups excluding carboxylic acids is 1. The highest BCUT2D eigenvalue weighted by Crippen LogP contribution is 2.34. The Balaban J connectivity index is 1.77. The lowest BCUT2D eigenvalue weighted by atomic mass is 10.1. The summed E-state index contributed by atoms with van der Waals surface area (Å²) < 4.78 is 11.1. The van der Waals surface area contributed by atoms with E-state index in [0.29, 0.717) is 36.8 Å². The van der Waals surface area contributed by atoms with Crippen molar-refractivity contribution in [3.63, 3.8) is 0 Å². The van der Waals surface area contributed by atoms with Gasteiger partial charge in [0, 0.05) is 12.1 Å². The molecule has 1 aliphatic rings. The Kier molecular flexibility index (Phi) is 4.78. The maximum atomic E-state index is 12.2. The number of benzene rings is 2.